The predicted octanol–water partition coefficient (Wildman–Crippen LogP) is 2.22. The Kier molecular flexibility index (Phi) is 2.82. The summed E-state index contributed by atoms with van der Waals surface area (Å²) in [7, 11) is 2.04. The summed E-state index contributed by atoms with van der Waals surface area (Å²) in [5.41, 5.74) is 3.66. The number of aryl methyl sites for hydroxylation is 2. The number of carboxylic acid groups (broad SMARTS) is 1. The van der Waals surface area contributed by atoms with Gasteiger partial charge in [0.15, 0.2) is 0 Å². The fourth-order valence-electron chi connectivity index (χ4n) is 3.00. The van der Waals surface area contributed by atoms with Gasteiger partial charge in [-0.05, 0) is 36.6 Å². The van der Waals surface area contributed by atoms with Crippen LogP contribution in [-0.4, -0.2) is 22.2 Å². The van der Waals surface area contributed by atoms with Crippen molar-refractivity contribution in [3.05, 3.63) is 35.5 Å². The van der Waals surface area contributed by atoms with Crippen molar-refractivity contribution in [1.29, 1.82) is 0 Å². The van der Waals surface area contributed by atoms with Crippen molar-refractivity contribution >= 4 is 16.9 Å². The van der Waals surface area contributed by atoms with Gasteiger partial charge in [-0.25, -0.2) is 0 Å². The highest BCUT2D eigenvalue weighted by Crippen LogP contribution is 2.30. The van der Waals surface area contributed by atoms with Crippen LogP contribution in [0.4, 0.5) is 0 Å². The molecule has 0 spiro atoms. The van der Waals surface area contributed by atoms with E-state index >= 15 is 0 Å². The van der Waals surface area contributed by atoms with Crippen LogP contribution >= 0.6 is 0 Å². The van der Waals surface area contributed by atoms with Crippen LogP contribution in [0.3, 0.4) is 0 Å². The first-order valence-corrected chi connectivity index (χ1v) is 6.58. The molecule has 1 aliphatic heterocycles. The first-order valence-electron chi connectivity index (χ1n) is 6.58. The van der Waals surface area contributed by atoms with Crippen LogP contribution in [0.1, 0.15) is 23.6 Å². The van der Waals surface area contributed by atoms with Gasteiger partial charge in [0.05, 0.1) is 5.92 Å². The first-order chi connectivity index (χ1) is 9.06. The summed E-state index contributed by atoms with van der Waals surface area (Å²) in [5, 5.41) is 13.6. The summed E-state index contributed by atoms with van der Waals surface area (Å²) < 4.78 is 2.12. The standard InChI is InChI=1S/C15H18N2O2/c1-9-8-17(2)14-4-3-10(5-12(9)14)13-6-11(7-16-13)15(18)19/h3-5,8,11,13,16H,6-7H2,1-2H3,(H,18,19). The lowest BCUT2D eigenvalue weighted by molar-refractivity contribution is -0.141. The van der Waals surface area contributed by atoms with E-state index in [2.05, 4.69) is 41.2 Å². The summed E-state index contributed by atoms with van der Waals surface area (Å²) in [4.78, 5) is 11.0. The molecule has 1 aromatic carbocycles. The van der Waals surface area contributed by atoms with Crippen molar-refractivity contribution in [2.75, 3.05) is 6.54 Å². The third-order valence-corrected chi connectivity index (χ3v) is 4.10. The summed E-state index contributed by atoms with van der Waals surface area (Å²) in [6.07, 6.45) is 2.79. The number of nitrogens with zero attached hydrogens (tertiary/aromatic N) is 1. The number of benzene rings is 1. The maximum Gasteiger partial charge on any atom is 0.307 e. The Morgan fingerprint density at radius 2 is 2.26 bits per heavy atom. The van der Waals surface area contributed by atoms with Gasteiger partial charge in [-0.2, -0.15) is 0 Å². The molecule has 19 heavy (non-hydrogen) atoms. The minimum absolute atomic E-state index is 0.158. The summed E-state index contributed by atoms with van der Waals surface area (Å²) in [5.74, 6) is -0.968. The van der Waals surface area contributed by atoms with Crippen molar-refractivity contribution in [2.24, 2.45) is 13.0 Å². The molecule has 4 nitrogen and oxygen atoms in total. The van der Waals surface area contributed by atoms with Gasteiger partial charge in [-0.15, -0.1) is 0 Å². The van der Waals surface area contributed by atoms with E-state index in [-0.39, 0.29) is 12.0 Å². The van der Waals surface area contributed by atoms with Crippen molar-refractivity contribution < 1.29 is 9.90 Å². The fraction of sp³-hybridized carbons (Fsp3) is 0.400. The Morgan fingerprint density at radius 3 is 2.95 bits per heavy atom. The molecule has 1 aliphatic rings. The zero-order valence-corrected chi connectivity index (χ0v) is 11.2. The zero-order valence-electron chi connectivity index (χ0n) is 11.2. The number of hydrogen-bond donors (Lipinski definition) is 2. The van der Waals surface area contributed by atoms with E-state index in [0.29, 0.717) is 13.0 Å². The quantitative estimate of drug-likeness (QED) is 0.868. The third-order valence-electron chi connectivity index (χ3n) is 4.10. The molecular weight excluding hydrogens is 240 g/mol. The molecule has 0 bridgehead atoms. The minimum Gasteiger partial charge on any atom is -0.481 e. The number of fused-ring (bicyclic) bond motifs is 1. The fourth-order valence-corrected chi connectivity index (χ4v) is 3.00. The highest BCUT2D eigenvalue weighted by molar-refractivity contribution is 5.84. The minimum atomic E-state index is -0.702. The Balaban J connectivity index is 1.94. The molecule has 2 aromatic rings. The first kappa shape index (κ1) is 12.2. The number of aliphatic carboxylic acids is 1. The van der Waals surface area contributed by atoms with Gasteiger partial charge in [0.2, 0.25) is 0 Å². The van der Waals surface area contributed by atoms with Crippen molar-refractivity contribution in [2.45, 2.75) is 19.4 Å². The molecule has 1 saturated heterocycles. The molecule has 0 aliphatic carbocycles. The van der Waals surface area contributed by atoms with Gasteiger partial charge in [0.1, 0.15) is 0 Å². The molecule has 0 saturated carbocycles. The van der Waals surface area contributed by atoms with Gasteiger partial charge in [-0.1, -0.05) is 6.07 Å². The van der Waals surface area contributed by atoms with E-state index in [9.17, 15) is 4.79 Å². The molecule has 3 rings (SSSR count). The van der Waals surface area contributed by atoms with E-state index in [4.69, 9.17) is 5.11 Å². The second-order valence-electron chi connectivity index (χ2n) is 5.43. The number of rotatable bonds is 2. The van der Waals surface area contributed by atoms with Crippen molar-refractivity contribution in [1.82, 2.24) is 9.88 Å². The molecule has 2 heterocycles. The van der Waals surface area contributed by atoms with Crippen molar-refractivity contribution in [3.63, 3.8) is 0 Å². The molecule has 1 fully saturated rings. The maximum atomic E-state index is 11.0. The Hall–Kier alpha value is -1.81. The molecule has 4 heteroatoms. The lowest BCUT2D eigenvalue weighted by Gasteiger charge is -2.11. The topological polar surface area (TPSA) is 54.3 Å². The van der Waals surface area contributed by atoms with E-state index in [1.165, 1.54) is 22.0 Å². The summed E-state index contributed by atoms with van der Waals surface area (Å²) >= 11 is 0. The highest BCUT2D eigenvalue weighted by Gasteiger charge is 2.30. The molecule has 2 N–H and O–H groups in total. The van der Waals surface area contributed by atoms with Crippen LogP contribution in [0.5, 0.6) is 0 Å². The molecule has 100 valence electrons. The smallest absolute Gasteiger partial charge is 0.307 e. The highest BCUT2D eigenvalue weighted by atomic mass is 16.4. The lowest BCUT2D eigenvalue weighted by atomic mass is 9.98. The van der Waals surface area contributed by atoms with Crippen LogP contribution in [0.15, 0.2) is 24.4 Å². The van der Waals surface area contributed by atoms with Crippen LogP contribution < -0.4 is 5.32 Å². The molecule has 1 aromatic heterocycles. The van der Waals surface area contributed by atoms with Gasteiger partial charge < -0.3 is 15.0 Å². The predicted molar refractivity (Wildman–Crippen MR) is 74.1 cm³/mol. The molecular formula is C15H18N2O2. The van der Waals surface area contributed by atoms with Crippen LogP contribution in [-0.2, 0) is 11.8 Å². The zero-order chi connectivity index (χ0) is 13.6. The number of hydrogen-bond acceptors (Lipinski definition) is 2. The monoisotopic (exact) mass is 258 g/mol. The maximum absolute atomic E-state index is 11.0. The Morgan fingerprint density at radius 1 is 1.47 bits per heavy atom. The van der Waals surface area contributed by atoms with E-state index in [0.717, 1.165) is 0 Å². The van der Waals surface area contributed by atoms with Crippen LogP contribution in [0, 0.1) is 12.8 Å². The molecule has 0 radical (unpaired) electrons. The lowest BCUT2D eigenvalue weighted by Crippen LogP contribution is -2.17. The van der Waals surface area contributed by atoms with E-state index in [1.807, 2.05) is 7.05 Å². The normalized spacial score (nSPS) is 23.1. The molecule has 2 unspecified atom stereocenters. The van der Waals surface area contributed by atoms with Gasteiger partial charge in [0.25, 0.3) is 0 Å². The second kappa shape index (κ2) is 4.38. The van der Waals surface area contributed by atoms with Crippen LogP contribution in [0.25, 0.3) is 10.9 Å². The largest absolute Gasteiger partial charge is 0.481 e. The second-order valence-corrected chi connectivity index (χ2v) is 5.43. The number of nitrogens with one attached hydrogen (secondary N) is 1. The molecule has 2 atom stereocenters. The average Bonchev–Trinajstić information content (AvgIpc) is 2.96. The van der Waals surface area contributed by atoms with Gasteiger partial charge in [-0.3, -0.25) is 4.79 Å². The summed E-state index contributed by atoms with van der Waals surface area (Å²) in [6.45, 7) is 2.67. The molecule has 0 amide bonds. The van der Waals surface area contributed by atoms with E-state index < -0.39 is 5.97 Å². The van der Waals surface area contributed by atoms with Crippen LogP contribution in [0.2, 0.25) is 0 Å². The SMILES string of the molecule is Cc1cn(C)c2ccc(C3CC(C(=O)O)CN3)cc12. The average molecular weight is 258 g/mol. The number of carbonyl (C=O) groups is 1. The Bertz CT molecular complexity index is 645. The van der Waals surface area contributed by atoms with E-state index in [1.54, 1.807) is 0 Å². The van der Waals surface area contributed by atoms with Gasteiger partial charge >= 0.3 is 5.97 Å². The van der Waals surface area contributed by atoms with Gasteiger partial charge in [0, 0.05) is 36.7 Å². The summed E-state index contributed by atoms with van der Waals surface area (Å²) in [6, 6.07) is 6.56. The number of aromatic nitrogens is 1. The Labute approximate surface area is 112 Å². The van der Waals surface area contributed by atoms with Crippen molar-refractivity contribution in [3.8, 4) is 0 Å². The third kappa shape index (κ3) is 2.02. The number of carboxylic acids is 1.